The maximum atomic E-state index is 11.4. The predicted octanol–water partition coefficient (Wildman–Crippen LogP) is 1.26. The second-order valence-electron chi connectivity index (χ2n) is 2.77. The molecule has 1 aromatic carbocycles. The van der Waals surface area contributed by atoms with Crippen LogP contribution in [-0.2, 0) is 4.74 Å². The van der Waals surface area contributed by atoms with Gasteiger partial charge in [0, 0.05) is 5.69 Å². The van der Waals surface area contributed by atoms with Crippen molar-refractivity contribution in [3.05, 3.63) is 29.3 Å². The van der Waals surface area contributed by atoms with Gasteiger partial charge >= 0.3 is 5.97 Å². The van der Waals surface area contributed by atoms with Crippen LogP contribution in [0.25, 0.3) is 0 Å². The number of carbonyl (C=O) groups is 1. The standard InChI is InChI=1S/C10H10N2O2/c1-7-3-2-4-8(12)9(7)10(13)14-6-5-11/h2-4H,6,12H2,1H3. The fourth-order valence-electron chi connectivity index (χ4n) is 1.14. The van der Waals surface area contributed by atoms with Crippen molar-refractivity contribution in [2.24, 2.45) is 0 Å². The van der Waals surface area contributed by atoms with E-state index in [1.165, 1.54) is 0 Å². The number of nitrogen functional groups attached to an aromatic ring is 1. The topological polar surface area (TPSA) is 76.1 Å². The van der Waals surface area contributed by atoms with E-state index >= 15 is 0 Å². The second-order valence-corrected chi connectivity index (χ2v) is 2.77. The summed E-state index contributed by atoms with van der Waals surface area (Å²) in [7, 11) is 0. The molecule has 0 bridgehead atoms. The van der Waals surface area contributed by atoms with Crippen molar-refractivity contribution in [2.45, 2.75) is 6.92 Å². The maximum absolute atomic E-state index is 11.4. The molecule has 0 amide bonds. The van der Waals surface area contributed by atoms with Gasteiger partial charge in [-0.25, -0.2) is 4.79 Å². The molecule has 0 saturated carbocycles. The summed E-state index contributed by atoms with van der Waals surface area (Å²) in [5, 5.41) is 8.24. The van der Waals surface area contributed by atoms with E-state index in [1.807, 2.05) is 0 Å². The molecule has 0 aliphatic heterocycles. The summed E-state index contributed by atoms with van der Waals surface area (Å²) < 4.78 is 4.66. The normalized spacial score (nSPS) is 9.14. The van der Waals surface area contributed by atoms with Gasteiger partial charge in [0.25, 0.3) is 0 Å². The highest BCUT2D eigenvalue weighted by Crippen LogP contribution is 2.16. The fraction of sp³-hybridized carbons (Fsp3) is 0.200. The molecule has 0 saturated heterocycles. The van der Waals surface area contributed by atoms with E-state index in [2.05, 4.69) is 4.74 Å². The third-order valence-corrected chi connectivity index (χ3v) is 1.78. The summed E-state index contributed by atoms with van der Waals surface area (Å²) in [6.45, 7) is 1.51. The van der Waals surface area contributed by atoms with E-state index in [0.29, 0.717) is 11.3 Å². The van der Waals surface area contributed by atoms with Crippen LogP contribution < -0.4 is 5.73 Å². The molecule has 2 N–H and O–H groups in total. The van der Waals surface area contributed by atoms with Crippen molar-refractivity contribution in [2.75, 3.05) is 12.3 Å². The molecule has 0 heterocycles. The van der Waals surface area contributed by atoms with Gasteiger partial charge in [-0.05, 0) is 18.6 Å². The van der Waals surface area contributed by atoms with E-state index in [1.54, 1.807) is 31.2 Å². The molecule has 1 rings (SSSR count). The zero-order valence-electron chi connectivity index (χ0n) is 7.78. The molecule has 0 aliphatic carbocycles. The van der Waals surface area contributed by atoms with Crippen LogP contribution in [0.15, 0.2) is 18.2 Å². The summed E-state index contributed by atoms with van der Waals surface area (Å²) >= 11 is 0. The Morgan fingerprint density at radius 3 is 2.93 bits per heavy atom. The molecule has 0 fully saturated rings. The predicted molar refractivity (Wildman–Crippen MR) is 51.5 cm³/mol. The number of hydrogen-bond acceptors (Lipinski definition) is 4. The Morgan fingerprint density at radius 1 is 1.64 bits per heavy atom. The number of nitrogens with two attached hydrogens (primary N) is 1. The molecule has 0 radical (unpaired) electrons. The van der Waals surface area contributed by atoms with E-state index in [-0.39, 0.29) is 6.61 Å². The van der Waals surface area contributed by atoms with Gasteiger partial charge < -0.3 is 10.5 Å². The first-order chi connectivity index (χ1) is 6.66. The van der Waals surface area contributed by atoms with Gasteiger partial charge in [-0.2, -0.15) is 5.26 Å². The SMILES string of the molecule is Cc1cccc(N)c1C(=O)OCC#N. The van der Waals surface area contributed by atoms with Crippen molar-refractivity contribution in [1.29, 1.82) is 5.26 Å². The van der Waals surface area contributed by atoms with Crippen LogP contribution in [0.4, 0.5) is 5.69 Å². The Kier molecular flexibility index (Phi) is 3.08. The van der Waals surface area contributed by atoms with Crippen LogP contribution in [0.1, 0.15) is 15.9 Å². The lowest BCUT2D eigenvalue weighted by Gasteiger charge is -2.06. The van der Waals surface area contributed by atoms with Gasteiger partial charge in [0.05, 0.1) is 5.56 Å². The number of nitrogens with zero attached hydrogens (tertiary/aromatic N) is 1. The van der Waals surface area contributed by atoms with E-state index in [9.17, 15) is 4.79 Å². The Balaban J connectivity index is 2.95. The zero-order valence-corrected chi connectivity index (χ0v) is 7.78. The lowest BCUT2D eigenvalue weighted by molar-refractivity contribution is 0.0555. The number of benzene rings is 1. The molecular formula is C10H10N2O2. The maximum Gasteiger partial charge on any atom is 0.341 e. The Morgan fingerprint density at radius 2 is 2.36 bits per heavy atom. The van der Waals surface area contributed by atoms with E-state index in [0.717, 1.165) is 5.56 Å². The summed E-state index contributed by atoms with van der Waals surface area (Å²) in [5.74, 6) is -0.554. The van der Waals surface area contributed by atoms with E-state index in [4.69, 9.17) is 11.0 Å². The molecule has 14 heavy (non-hydrogen) atoms. The van der Waals surface area contributed by atoms with Crippen LogP contribution in [0, 0.1) is 18.3 Å². The highest BCUT2D eigenvalue weighted by Gasteiger charge is 2.13. The Bertz CT molecular complexity index is 373. The van der Waals surface area contributed by atoms with Crippen molar-refractivity contribution in [3.63, 3.8) is 0 Å². The minimum Gasteiger partial charge on any atom is -0.447 e. The third-order valence-electron chi connectivity index (χ3n) is 1.78. The highest BCUT2D eigenvalue weighted by molar-refractivity contribution is 5.96. The number of aryl methyl sites for hydroxylation is 1. The average molecular weight is 190 g/mol. The van der Waals surface area contributed by atoms with Gasteiger partial charge in [0.2, 0.25) is 0 Å². The third kappa shape index (κ3) is 2.02. The zero-order chi connectivity index (χ0) is 10.6. The number of nitriles is 1. The number of anilines is 1. The molecule has 0 aromatic heterocycles. The summed E-state index contributed by atoms with van der Waals surface area (Å²) in [6.07, 6.45) is 0. The minimum absolute atomic E-state index is 0.257. The lowest BCUT2D eigenvalue weighted by Crippen LogP contribution is -2.10. The smallest absolute Gasteiger partial charge is 0.341 e. The molecule has 0 aliphatic rings. The minimum atomic E-state index is -0.554. The summed E-state index contributed by atoms with van der Waals surface area (Å²) in [5.41, 5.74) is 7.06. The van der Waals surface area contributed by atoms with Crippen molar-refractivity contribution >= 4 is 11.7 Å². The van der Waals surface area contributed by atoms with Crippen LogP contribution in [0.2, 0.25) is 0 Å². The number of esters is 1. The van der Waals surface area contributed by atoms with Crippen LogP contribution in [0.3, 0.4) is 0 Å². The average Bonchev–Trinajstić information content (AvgIpc) is 2.14. The van der Waals surface area contributed by atoms with Crippen molar-refractivity contribution in [3.8, 4) is 6.07 Å². The second kappa shape index (κ2) is 4.28. The number of hydrogen-bond donors (Lipinski definition) is 1. The monoisotopic (exact) mass is 190 g/mol. The number of ether oxygens (including phenoxy) is 1. The van der Waals surface area contributed by atoms with Gasteiger partial charge in [-0.15, -0.1) is 0 Å². The lowest BCUT2D eigenvalue weighted by atomic mass is 10.1. The largest absolute Gasteiger partial charge is 0.447 e. The quantitative estimate of drug-likeness (QED) is 0.562. The first-order valence-electron chi connectivity index (χ1n) is 4.06. The fourth-order valence-corrected chi connectivity index (χ4v) is 1.14. The first kappa shape index (κ1) is 10.1. The van der Waals surface area contributed by atoms with Gasteiger partial charge in [0.15, 0.2) is 6.61 Å². The van der Waals surface area contributed by atoms with Crippen molar-refractivity contribution in [1.82, 2.24) is 0 Å². The van der Waals surface area contributed by atoms with Gasteiger partial charge in [-0.1, -0.05) is 12.1 Å². The number of carbonyl (C=O) groups excluding carboxylic acids is 1. The Hall–Kier alpha value is -2.02. The summed E-state index contributed by atoms with van der Waals surface area (Å²) in [6, 6.07) is 6.86. The molecule has 0 atom stereocenters. The van der Waals surface area contributed by atoms with E-state index < -0.39 is 5.97 Å². The van der Waals surface area contributed by atoms with Crippen LogP contribution >= 0.6 is 0 Å². The van der Waals surface area contributed by atoms with Crippen LogP contribution in [0.5, 0.6) is 0 Å². The molecule has 0 spiro atoms. The first-order valence-corrected chi connectivity index (χ1v) is 4.06. The highest BCUT2D eigenvalue weighted by atomic mass is 16.5. The summed E-state index contributed by atoms with van der Waals surface area (Å²) in [4.78, 5) is 11.4. The molecular weight excluding hydrogens is 180 g/mol. The van der Waals surface area contributed by atoms with Crippen molar-refractivity contribution < 1.29 is 9.53 Å². The molecule has 4 nitrogen and oxygen atoms in total. The number of rotatable bonds is 2. The molecule has 0 unspecified atom stereocenters. The Labute approximate surface area is 81.9 Å². The molecule has 4 heteroatoms. The molecule has 72 valence electrons. The van der Waals surface area contributed by atoms with Crippen LogP contribution in [-0.4, -0.2) is 12.6 Å². The molecule has 1 aromatic rings. The van der Waals surface area contributed by atoms with Gasteiger partial charge in [-0.3, -0.25) is 0 Å². The van der Waals surface area contributed by atoms with Gasteiger partial charge in [0.1, 0.15) is 6.07 Å².